The van der Waals surface area contributed by atoms with Crippen LogP contribution in [0, 0.1) is 0 Å². The van der Waals surface area contributed by atoms with Crippen LogP contribution in [0.1, 0.15) is 18.4 Å². The van der Waals surface area contributed by atoms with Crippen LogP contribution in [0.15, 0.2) is 54.6 Å². The van der Waals surface area contributed by atoms with Crippen LogP contribution in [0.3, 0.4) is 0 Å². The minimum Gasteiger partial charge on any atom is -0.497 e. The Morgan fingerprint density at radius 3 is 2.84 bits per heavy atom. The van der Waals surface area contributed by atoms with Crippen LogP contribution in [0.25, 0.3) is 0 Å². The first kappa shape index (κ1) is 17.3. The zero-order valence-electron chi connectivity index (χ0n) is 14.5. The molecule has 2 aromatic rings. The number of rotatable bonds is 5. The number of carbonyl (C=O) groups is 1. The van der Waals surface area contributed by atoms with E-state index in [1.54, 1.807) is 7.11 Å². The van der Waals surface area contributed by atoms with E-state index < -0.39 is 0 Å². The number of carbonyl (C=O) groups excluding carboxylic acids is 1. The summed E-state index contributed by atoms with van der Waals surface area (Å²) in [5.41, 5.74) is 1.89. The molecule has 1 heterocycles. The van der Waals surface area contributed by atoms with Crippen molar-refractivity contribution in [3.8, 4) is 5.75 Å². The fraction of sp³-hybridized carbons (Fsp3) is 0.350. The summed E-state index contributed by atoms with van der Waals surface area (Å²) in [7, 11) is 1.66. The van der Waals surface area contributed by atoms with Crippen LogP contribution in [-0.2, 0) is 11.3 Å². The first-order chi connectivity index (χ1) is 12.2. The molecule has 1 aliphatic rings. The van der Waals surface area contributed by atoms with Crippen molar-refractivity contribution in [2.24, 2.45) is 0 Å². The van der Waals surface area contributed by atoms with Gasteiger partial charge in [0.05, 0.1) is 19.8 Å². The molecule has 0 aromatic heterocycles. The van der Waals surface area contributed by atoms with Gasteiger partial charge in [-0.05, 0) is 42.7 Å². The van der Waals surface area contributed by atoms with Gasteiger partial charge in [0, 0.05) is 18.8 Å². The molecule has 1 N–H and O–H groups in total. The molecule has 0 unspecified atom stereocenters. The lowest BCUT2D eigenvalue weighted by Gasteiger charge is -2.32. The van der Waals surface area contributed by atoms with Crippen molar-refractivity contribution in [2.75, 3.05) is 25.5 Å². The molecule has 0 saturated carbocycles. The first-order valence-corrected chi connectivity index (χ1v) is 8.60. The second kappa shape index (κ2) is 8.53. The molecule has 0 radical (unpaired) electrons. The molecule has 5 nitrogen and oxygen atoms in total. The second-order valence-corrected chi connectivity index (χ2v) is 6.17. The highest BCUT2D eigenvalue weighted by atomic mass is 16.5. The second-order valence-electron chi connectivity index (χ2n) is 6.17. The Labute approximate surface area is 148 Å². The van der Waals surface area contributed by atoms with E-state index in [4.69, 9.17) is 9.47 Å². The Morgan fingerprint density at radius 1 is 1.20 bits per heavy atom. The number of hydrogen-bond acceptors (Lipinski definition) is 3. The fourth-order valence-electron chi connectivity index (χ4n) is 2.96. The molecule has 0 spiro atoms. The van der Waals surface area contributed by atoms with Crippen LogP contribution >= 0.6 is 0 Å². The standard InChI is InChI=1S/C20H24N2O3/c1-24-18-10-5-7-16(13-18)15-25-19-11-6-12-22(14-19)20(23)21-17-8-3-2-4-9-17/h2-5,7-10,13,19H,6,11-12,14-15H2,1H3,(H,21,23)/t19-/m0/s1. The van der Waals surface area contributed by atoms with Gasteiger partial charge in [-0.15, -0.1) is 0 Å². The van der Waals surface area contributed by atoms with Crippen molar-refractivity contribution >= 4 is 11.7 Å². The molecule has 3 rings (SSSR count). The summed E-state index contributed by atoms with van der Waals surface area (Å²) >= 11 is 0. The summed E-state index contributed by atoms with van der Waals surface area (Å²) in [6, 6.07) is 17.3. The molecular formula is C20H24N2O3. The van der Waals surface area contributed by atoms with E-state index >= 15 is 0 Å². The third kappa shape index (κ3) is 4.97. The number of benzene rings is 2. The van der Waals surface area contributed by atoms with Crippen molar-refractivity contribution in [3.05, 3.63) is 60.2 Å². The molecule has 5 heteroatoms. The molecule has 2 aromatic carbocycles. The molecule has 0 bridgehead atoms. The van der Waals surface area contributed by atoms with Crippen molar-refractivity contribution in [1.82, 2.24) is 4.90 Å². The van der Waals surface area contributed by atoms with Gasteiger partial charge in [0.15, 0.2) is 0 Å². The molecule has 1 fully saturated rings. The van der Waals surface area contributed by atoms with E-state index in [-0.39, 0.29) is 12.1 Å². The van der Waals surface area contributed by atoms with Crippen molar-refractivity contribution in [2.45, 2.75) is 25.6 Å². The minimum atomic E-state index is -0.0686. The molecule has 1 atom stereocenters. The molecular weight excluding hydrogens is 316 g/mol. The van der Waals surface area contributed by atoms with E-state index in [9.17, 15) is 4.79 Å². The number of anilines is 1. The Hall–Kier alpha value is -2.53. The SMILES string of the molecule is COc1cccc(CO[C@H]2CCCN(C(=O)Nc3ccccc3)C2)c1. The largest absolute Gasteiger partial charge is 0.497 e. The highest BCUT2D eigenvalue weighted by Gasteiger charge is 2.24. The smallest absolute Gasteiger partial charge is 0.321 e. The third-order valence-corrected chi connectivity index (χ3v) is 4.31. The predicted octanol–water partition coefficient (Wildman–Crippen LogP) is 3.91. The Balaban J connectivity index is 1.51. The molecule has 1 aliphatic heterocycles. The van der Waals surface area contributed by atoms with Gasteiger partial charge in [0.1, 0.15) is 5.75 Å². The van der Waals surface area contributed by atoms with Gasteiger partial charge in [-0.3, -0.25) is 0 Å². The summed E-state index contributed by atoms with van der Waals surface area (Å²) in [6.07, 6.45) is 1.98. The Kier molecular flexibility index (Phi) is 5.90. The predicted molar refractivity (Wildman–Crippen MR) is 97.8 cm³/mol. The van der Waals surface area contributed by atoms with Crippen LogP contribution in [0.5, 0.6) is 5.75 Å². The lowest BCUT2D eigenvalue weighted by Crippen LogP contribution is -2.45. The number of amides is 2. The summed E-state index contributed by atoms with van der Waals surface area (Å²) in [5, 5.41) is 2.94. The number of hydrogen-bond donors (Lipinski definition) is 1. The molecule has 0 aliphatic carbocycles. The van der Waals surface area contributed by atoms with Crippen molar-refractivity contribution in [3.63, 3.8) is 0 Å². The molecule has 2 amide bonds. The van der Waals surface area contributed by atoms with Gasteiger partial charge in [-0.2, -0.15) is 0 Å². The zero-order chi connectivity index (χ0) is 17.5. The van der Waals surface area contributed by atoms with Gasteiger partial charge in [-0.1, -0.05) is 30.3 Å². The molecule has 25 heavy (non-hydrogen) atoms. The lowest BCUT2D eigenvalue weighted by atomic mass is 10.1. The van der Waals surface area contributed by atoms with Crippen LogP contribution < -0.4 is 10.1 Å². The van der Waals surface area contributed by atoms with E-state index in [2.05, 4.69) is 5.32 Å². The van der Waals surface area contributed by atoms with E-state index in [0.29, 0.717) is 13.2 Å². The maximum atomic E-state index is 12.4. The van der Waals surface area contributed by atoms with E-state index in [1.807, 2.05) is 59.5 Å². The Morgan fingerprint density at radius 2 is 2.04 bits per heavy atom. The third-order valence-electron chi connectivity index (χ3n) is 4.31. The number of nitrogens with zero attached hydrogens (tertiary/aromatic N) is 1. The molecule has 132 valence electrons. The Bertz CT molecular complexity index is 690. The molecule has 1 saturated heterocycles. The normalized spacial score (nSPS) is 17.2. The van der Waals surface area contributed by atoms with E-state index in [1.165, 1.54) is 0 Å². The van der Waals surface area contributed by atoms with Crippen molar-refractivity contribution in [1.29, 1.82) is 0 Å². The summed E-state index contributed by atoms with van der Waals surface area (Å²) < 4.78 is 11.3. The van der Waals surface area contributed by atoms with E-state index in [0.717, 1.165) is 36.4 Å². The number of nitrogens with one attached hydrogen (secondary N) is 1. The van der Waals surface area contributed by atoms with Crippen LogP contribution in [0.2, 0.25) is 0 Å². The monoisotopic (exact) mass is 340 g/mol. The quantitative estimate of drug-likeness (QED) is 0.898. The average molecular weight is 340 g/mol. The van der Waals surface area contributed by atoms with Crippen LogP contribution in [0.4, 0.5) is 10.5 Å². The summed E-state index contributed by atoms with van der Waals surface area (Å²) in [6.45, 7) is 1.90. The van der Waals surface area contributed by atoms with Crippen LogP contribution in [-0.4, -0.2) is 37.2 Å². The van der Waals surface area contributed by atoms with Gasteiger partial charge in [-0.25, -0.2) is 4.79 Å². The maximum absolute atomic E-state index is 12.4. The number of methoxy groups -OCH3 is 1. The number of ether oxygens (including phenoxy) is 2. The highest BCUT2D eigenvalue weighted by molar-refractivity contribution is 5.89. The number of piperidine rings is 1. The van der Waals surface area contributed by atoms with Crippen molar-refractivity contribution < 1.29 is 14.3 Å². The topological polar surface area (TPSA) is 50.8 Å². The van der Waals surface area contributed by atoms with Gasteiger partial charge < -0.3 is 19.7 Å². The maximum Gasteiger partial charge on any atom is 0.321 e. The zero-order valence-corrected chi connectivity index (χ0v) is 14.5. The summed E-state index contributed by atoms with van der Waals surface area (Å²) in [4.78, 5) is 14.2. The fourth-order valence-corrected chi connectivity index (χ4v) is 2.96. The number of para-hydroxylation sites is 1. The average Bonchev–Trinajstić information content (AvgIpc) is 2.67. The highest BCUT2D eigenvalue weighted by Crippen LogP contribution is 2.18. The summed E-state index contributed by atoms with van der Waals surface area (Å²) in [5.74, 6) is 0.827. The first-order valence-electron chi connectivity index (χ1n) is 8.60. The number of likely N-dealkylation sites (tertiary alicyclic amines) is 1. The van der Waals surface area contributed by atoms with Gasteiger partial charge in [0.25, 0.3) is 0 Å². The number of urea groups is 1. The lowest BCUT2D eigenvalue weighted by molar-refractivity contribution is 0.000965. The minimum absolute atomic E-state index is 0.0569. The van der Waals surface area contributed by atoms with Gasteiger partial charge in [0.2, 0.25) is 0 Å². The van der Waals surface area contributed by atoms with Gasteiger partial charge >= 0.3 is 6.03 Å².